The zero-order valence-corrected chi connectivity index (χ0v) is 23.0. The molecule has 0 aliphatic carbocycles. The zero-order chi connectivity index (χ0) is 25.4. The van der Waals surface area contributed by atoms with Gasteiger partial charge in [0.25, 0.3) is 7.14 Å². The van der Waals surface area contributed by atoms with Crippen LogP contribution in [0, 0.1) is 27.7 Å². The van der Waals surface area contributed by atoms with Gasteiger partial charge in [-0.15, -0.1) is 0 Å². The highest BCUT2D eigenvalue weighted by atomic mass is 79.9. The first-order chi connectivity index (χ1) is 16.0. The van der Waals surface area contributed by atoms with Crippen LogP contribution in [0.15, 0.2) is 46.9 Å². The first-order valence-electron chi connectivity index (χ1n) is 10.4. The Morgan fingerprint density at radius 2 is 1.44 bits per heavy atom. The summed E-state index contributed by atoms with van der Waals surface area (Å²) in [4.78, 5) is 28.3. The van der Waals surface area contributed by atoms with Gasteiger partial charge in [0.1, 0.15) is 11.1 Å². The molecule has 0 spiro atoms. The molecule has 0 bridgehead atoms. The SMILES string of the molecule is COc1c(Cl)cc(Br)c(OC)c1P(=O)(C(=O)c1ccccc1)C(=O)c1c(C)cc(C)c(C)c1C. The Balaban J connectivity index is 2.50. The van der Waals surface area contributed by atoms with Crippen molar-refractivity contribution in [1.82, 2.24) is 0 Å². The maximum atomic E-state index is 15.0. The number of hydrogen-bond donors (Lipinski definition) is 0. The summed E-state index contributed by atoms with van der Waals surface area (Å²) in [5.74, 6) is 0.0168. The summed E-state index contributed by atoms with van der Waals surface area (Å²) in [6.07, 6.45) is 0. The van der Waals surface area contributed by atoms with Crippen LogP contribution in [0.3, 0.4) is 0 Å². The highest BCUT2D eigenvalue weighted by molar-refractivity contribution is 9.10. The van der Waals surface area contributed by atoms with Crippen molar-refractivity contribution in [3.8, 4) is 11.5 Å². The molecule has 3 aromatic rings. The summed E-state index contributed by atoms with van der Waals surface area (Å²) >= 11 is 9.79. The summed E-state index contributed by atoms with van der Waals surface area (Å²) in [5.41, 5.74) is 1.96. The van der Waals surface area contributed by atoms with E-state index >= 15 is 4.57 Å². The molecule has 3 aromatic carbocycles. The second-order valence-corrected chi connectivity index (χ2v) is 11.7. The van der Waals surface area contributed by atoms with E-state index in [1.54, 1.807) is 32.0 Å². The number of rotatable bonds is 7. The minimum Gasteiger partial charge on any atom is -0.495 e. The molecule has 0 radical (unpaired) electrons. The van der Waals surface area contributed by atoms with Crippen molar-refractivity contribution < 1.29 is 23.6 Å². The van der Waals surface area contributed by atoms with E-state index in [1.165, 1.54) is 32.4 Å². The largest absolute Gasteiger partial charge is 0.495 e. The van der Waals surface area contributed by atoms with Gasteiger partial charge in [-0.3, -0.25) is 9.59 Å². The van der Waals surface area contributed by atoms with Crippen LogP contribution < -0.4 is 14.8 Å². The maximum absolute atomic E-state index is 15.0. The van der Waals surface area contributed by atoms with Crippen LogP contribution in [0.2, 0.25) is 5.02 Å². The van der Waals surface area contributed by atoms with Gasteiger partial charge in [-0.2, -0.15) is 0 Å². The lowest BCUT2D eigenvalue weighted by molar-refractivity contribution is 0.104. The molecule has 0 fully saturated rings. The number of carbonyl (C=O) groups is 2. The molecule has 0 N–H and O–H groups in total. The number of methoxy groups -OCH3 is 2. The van der Waals surface area contributed by atoms with Gasteiger partial charge in [-0.25, -0.2) is 0 Å². The van der Waals surface area contributed by atoms with E-state index in [-0.39, 0.29) is 33.0 Å². The summed E-state index contributed by atoms with van der Waals surface area (Å²) in [5, 5.41) is -0.0691. The molecule has 0 saturated heterocycles. The fourth-order valence-corrected chi connectivity index (χ4v) is 8.05. The van der Waals surface area contributed by atoms with Crippen LogP contribution in [0.25, 0.3) is 0 Å². The number of ether oxygens (including phenoxy) is 2. The standard InChI is InChI=1S/C26H25BrClO5P/c1-14-12-15(2)21(17(4)16(14)3)26(30)34(31,25(29)18-10-8-7-9-11-18)24-22(32-5)19(27)13-20(28)23(24)33-6/h7-13H,1-6H3. The van der Waals surface area contributed by atoms with Gasteiger partial charge in [0, 0.05) is 11.1 Å². The quantitative estimate of drug-likeness (QED) is 0.289. The Morgan fingerprint density at radius 1 is 0.853 bits per heavy atom. The van der Waals surface area contributed by atoms with Crippen molar-refractivity contribution in [2.45, 2.75) is 27.7 Å². The van der Waals surface area contributed by atoms with Crippen molar-refractivity contribution in [1.29, 1.82) is 0 Å². The maximum Gasteiger partial charge on any atom is 0.256 e. The van der Waals surface area contributed by atoms with Crippen LogP contribution in [-0.2, 0) is 4.57 Å². The summed E-state index contributed by atoms with van der Waals surface area (Å²) in [6.45, 7) is 7.40. The van der Waals surface area contributed by atoms with Crippen molar-refractivity contribution >= 4 is 51.0 Å². The van der Waals surface area contributed by atoms with Crippen LogP contribution in [-0.4, -0.2) is 25.3 Å². The highest BCUT2D eigenvalue weighted by Crippen LogP contribution is 2.58. The molecule has 178 valence electrons. The molecular formula is C26H25BrClO5P. The van der Waals surface area contributed by atoms with E-state index in [4.69, 9.17) is 21.1 Å². The molecule has 1 unspecified atom stereocenters. The summed E-state index contributed by atoms with van der Waals surface area (Å²) in [6, 6.07) is 11.5. The number of benzene rings is 3. The molecule has 0 aliphatic heterocycles. The lowest BCUT2D eigenvalue weighted by atomic mass is 9.95. The van der Waals surface area contributed by atoms with Crippen LogP contribution in [0.5, 0.6) is 11.5 Å². The molecule has 0 heterocycles. The monoisotopic (exact) mass is 562 g/mol. The number of carbonyl (C=O) groups excluding carboxylic acids is 2. The van der Waals surface area contributed by atoms with Gasteiger partial charge < -0.3 is 14.0 Å². The first kappa shape index (κ1) is 26.2. The predicted molar refractivity (Wildman–Crippen MR) is 140 cm³/mol. The number of halogens is 2. The normalized spacial score (nSPS) is 12.7. The van der Waals surface area contributed by atoms with Crippen LogP contribution in [0.4, 0.5) is 0 Å². The fourth-order valence-electron chi connectivity index (χ4n) is 4.07. The minimum absolute atomic E-state index is 0.0400. The van der Waals surface area contributed by atoms with Crippen molar-refractivity contribution in [2.75, 3.05) is 14.2 Å². The second kappa shape index (κ2) is 10.1. The average molecular weight is 564 g/mol. The van der Waals surface area contributed by atoms with E-state index in [2.05, 4.69) is 15.9 Å². The summed E-state index contributed by atoms with van der Waals surface area (Å²) in [7, 11) is -1.88. The molecule has 3 rings (SSSR count). The van der Waals surface area contributed by atoms with Gasteiger partial charge in [0.15, 0.2) is 5.75 Å². The molecule has 5 nitrogen and oxygen atoms in total. The summed E-state index contributed by atoms with van der Waals surface area (Å²) < 4.78 is 26.4. The second-order valence-electron chi connectivity index (χ2n) is 7.98. The molecule has 1 atom stereocenters. The van der Waals surface area contributed by atoms with Crippen molar-refractivity contribution in [3.63, 3.8) is 0 Å². The first-order valence-corrected chi connectivity index (χ1v) is 13.3. The van der Waals surface area contributed by atoms with Gasteiger partial charge in [-0.05, 0) is 71.9 Å². The number of aryl methyl sites for hydroxylation is 2. The fraction of sp³-hybridized carbons (Fsp3) is 0.231. The molecule has 0 aliphatic rings. The van der Waals surface area contributed by atoms with Crippen molar-refractivity contribution in [2.24, 2.45) is 0 Å². The van der Waals surface area contributed by atoms with E-state index in [1.807, 2.05) is 19.9 Å². The Labute approximate surface area is 212 Å². The Hall–Kier alpha value is -2.40. The number of hydrogen-bond acceptors (Lipinski definition) is 5. The Bertz CT molecular complexity index is 1320. The lowest BCUT2D eigenvalue weighted by Gasteiger charge is -2.24. The van der Waals surface area contributed by atoms with E-state index in [0.717, 1.165) is 11.1 Å². The molecule has 0 aromatic heterocycles. The lowest BCUT2D eigenvalue weighted by Crippen LogP contribution is -2.25. The van der Waals surface area contributed by atoms with E-state index in [0.29, 0.717) is 15.6 Å². The molecule has 34 heavy (non-hydrogen) atoms. The average Bonchev–Trinajstić information content (AvgIpc) is 2.81. The highest BCUT2D eigenvalue weighted by Gasteiger charge is 2.49. The van der Waals surface area contributed by atoms with Gasteiger partial charge in [-0.1, -0.05) is 48.0 Å². The van der Waals surface area contributed by atoms with Crippen LogP contribution in [0.1, 0.15) is 43.0 Å². The minimum atomic E-state index is -4.59. The predicted octanol–water partition coefficient (Wildman–Crippen LogP) is 7.02. The van der Waals surface area contributed by atoms with E-state index < -0.39 is 18.2 Å². The third kappa shape index (κ3) is 4.24. The molecule has 8 heteroatoms. The zero-order valence-electron chi connectivity index (χ0n) is 19.8. The topological polar surface area (TPSA) is 69.7 Å². The third-order valence-electron chi connectivity index (χ3n) is 6.00. The van der Waals surface area contributed by atoms with Gasteiger partial charge in [0.2, 0.25) is 11.0 Å². The van der Waals surface area contributed by atoms with Gasteiger partial charge >= 0.3 is 0 Å². The van der Waals surface area contributed by atoms with E-state index in [9.17, 15) is 9.59 Å². The Morgan fingerprint density at radius 3 is 2.00 bits per heavy atom. The molecule has 0 saturated carbocycles. The van der Waals surface area contributed by atoms with Gasteiger partial charge in [0.05, 0.1) is 23.7 Å². The molecule has 0 amide bonds. The Kier molecular flexibility index (Phi) is 7.76. The van der Waals surface area contributed by atoms with Crippen LogP contribution >= 0.6 is 34.7 Å². The van der Waals surface area contributed by atoms with Crippen molar-refractivity contribution in [3.05, 3.63) is 85.3 Å². The molecular weight excluding hydrogens is 539 g/mol. The smallest absolute Gasteiger partial charge is 0.256 e. The third-order valence-corrected chi connectivity index (χ3v) is 9.54.